The minimum Gasteiger partial charge on any atom is -0.288 e. The number of imide groups is 1. The summed E-state index contributed by atoms with van der Waals surface area (Å²) < 4.78 is 1.84. The van der Waals surface area contributed by atoms with Crippen molar-refractivity contribution in [3.8, 4) is 0 Å². The first-order valence-electron chi connectivity index (χ1n) is 6.18. The van der Waals surface area contributed by atoms with Crippen molar-refractivity contribution in [2.45, 2.75) is 0 Å². The zero-order valence-corrected chi connectivity index (χ0v) is 13.9. The zero-order chi connectivity index (χ0) is 15.0. The maximum absolute atomic E-state index is 12.1. The molecule has 0 saturated carbocycles. The van der Waals surface area contributed by atoms with Gasteiger partial charge in [0.25, 0.3) is 11.8 Å². The lowest BCUT2D eigenvalue weighted by Crippen LogP contribution is -2.22. The van der Waals surface area contributed by atoms with Crippen LogP contribution in [0.3, 0.4) is 0 Å². The predicted octanol–water partition coefficient (Wildman–Crippen LogP) is 3.78. The topological polar surface area (TPSA) is 46.2 Å². The van der Waals surface area contributed by atoms with Gasteiger partial charge in [-0.1, -0.05) is 56.1 Å². The normalized spacial score (nSPS) is 14.6. The molecule has 0 unspecified atom stereocenters. The van der Waals surface area contributed by atoms with Crippen LogP contribution in [-0.4, -0.2) is 11.8 Å². The molecular formula is C16H9Br2NO2. The first-order chi connectivity index (χ1) is 10.1. The van der Waals surface area contributed by atoms with E-state index in [9.17, 15) is 9.59 Å². The molecule has 2 aromatic rings. The average Bonchev–Trinajstić information content (AvgIpc) is 2.75. The average molecular weight is 407 g/mol. The second kappa shape index (κ2) is 5.58. The molecule has 0 saturated heterocycles. The third-order valence-corrected chi connectivity index (χ3v) is 4.25. The SMILES string of the molecule is O=C1NC(=O)C(c2ccc(Br)cc2)=C1c1ccc(Br)cc1. The highest BCUT2D eigenvalue weighted by molar-refractivity contribution is 9.10. The van der Waals surface area contributed by atoms with Crippen molar-refractivity contribution in [3.05, 3.63) is 68.6 Å². The third kappa shape index (κ3) is 2.71. The van der Waals surface area contributed by atoms with Gasteiger partial charge in [0.15, 0.2) is 0 Å². The van der Waals surface area contributed by atoms with Gasteiger partial charge in [-0.2, -0.15) is 0 Å². The number of carbonyl (C=O) groups is 2. The highest BCUT2D eigenvalue weighted by atomic mass is 79.9. The van der Waals surface area contributed by atoms with Gasteiger partial charge in [-0.15, -0.1) is 0 Å². The van der Waals surface area contributed by atoms with E-state index in [1.165, 1.54) is 0 Å². The van der Waals surface area contributed by atoms with E-state index in [1.807, 2.05) is 48.5 Å². The smallest absolute Gasteiger partial charge is 0.259 e. The van der Waals surface area contributed by atoms with Crippen molar-refractivity contribution in [2.75, 3.05) is 0 Å². The molecular weight excluding hydrogens is 398 g/mol. The van der Waals surface area contributed by atoms with Crippen molar-refractivity contribution in [3.63, 3.8) is 0 Å². The highest BCUT2D eigenvalue weighted by Crippen LogP contribution is 2.32. The molecule has 3 nitrogen and oxygen atoms in total. The van der Waals surface area contributed by atoms with E-state index in [-0.39, 0.29) is 11.8 Å². The first-order valence-corrected chi connectivity index (χ1v) is 7.76. The van der Waals surface area contributed by atoms with E-state index in [2.05, 4.69) is 37.2 Å². The molecule has 0 aromatic heterocycles. The Morgan fingerprint density at radius 2 is 0.952 bits per heavy atom. The van der Waals surface area contributed by atoms with Crippen LogP contribution in [0.1, 0.15) is 11.1 Å². The van der Waals surface area contributed by atoms with E-state index in [4.69, 9.17) is 0 Å². The van der Waals surface area contributed by atoms with Crippen LogP contribution in [0.4, 0.5) is 0 Å². The molecule has 2 aromatic carbocycles. The lowest BCUT2D eigenvalue weighted by atomic mass is 9.96. The molecule has 1 N–H and O–H groups in total. The minimum absolute atomic E-state index is 0.361. The molecule has 1 heterocycles. The fourth-order valence-electron chi connectivity index (χ4n) is 2.24. The van der Waals surface area contributed by atoms with Gasteiger partial charge in [-0.3, -0.25) is 14.9 Å². The summed E-state index contributed by atoms with van der Waals surface area (Å²) in [5.74, 6) is -0.722. The molecule has 2 amide bonds. The number of hydrogen-bond donors (Lipinski definition) is 1. The summed E-state index contributed by atoms with van der Waals surface area (Å²) in [6.07, 6.45) is 0. The largest absolute Gasteiger partial charge is 0.288 e. The Labute approximate surface area is 138 Å². The number of halogens is 2. The predicted molar refractivity (Wildman–Crippen MR) is 88.2 cm³/mol. The number of nitrogens with one attached hydrogen (secondary N) is 1. The monoisotopic (exact) mass is 405 g/mol. The van der Waals surface area contributed by atoms with Crippen LogP contribution >= 0.6 is 31.9 Å². The van der Waals surface area contributed by atoms with Gasteiger partial charge < -0.3 is 0 Å². The minimum atomic E-state index is -0.361. The fourth-order valence-corrected chi connectivity index (χ4v) is 2.77. The van der Waals surface area contributed by atoms with E-state index in [0.717, 1.165) is 20.1 Å². The van der Waals surface area contributed by atoms with Crippen LogP contribution in [0.25, 0.3) is 11.1 Å². The number of rotatable bonds is 2. The quantitative estimate of drug-likeness (QED) is 0.771. The molecule has 1 aliphatic rings. The van der Waals surface area contributed by atoms with E-state index >= 15 is 0 Å². The Morgan fingerprint density at radius 3 is 1.29 bits per heavy atom. The van der Waals surface area contributed by atoms with Crippen molar-refractivity contribution in [2.24, 2.45) is 0 Å². The van der Waals surface area contributed by atoms with Gasteiger partial charge >= 0.3 is 0 Å². The van der Waals surface area contributed by atoms with Crippen molar-refractivity contribution in [1.29, 1.82) is 0 Å². The molecule has 0 fully saturated rings. The zero-order valence-electron chi connectivity index (χ0n) is 10.7. The van der Waals surface area contributed by atoms with E-state index in [1.54, 1.807) is 0 Å². The molecule has 0 atom stereocenters. The van der Waals surface area contributed by atoms with Gasteiger partial charge in [0.2, 0.25) is 0 Å². The molecule has 0 radical (unpaired) electrons. The van der Waals surface area contributed by atoms with Gasteiger partial charge in [-0.05, 0) is 35.4 Å². The van der Waals surface area contributed by atoms with Crippen molar-refractivity contribution < 1.29 is 9.59 Å². The van der Waals surface area contributed by atoms with E-state index in [0.29, 0.717) is 11.1 Å². The highest BCUT2D eigenvalue weighted by Gasteiger charge is 2.31. The Morgan fingerprint density at radius 1 is 0.619 bits per heavy atom. The number of hydrogen-bond acceptors (Lipinski definition) is 2. The molecule has 0 spiro atoms. The summed E-state index contributed by atoms with van der Waals surface area (Å²) in [7, 11) is 0. The van der Waals surface area contributed by atoms with Gasteiger partial charge in [-0.25, -0.2) is 0 Å². The number of benzene rings is 2. The Hall–Kier alpha value is -1.72. The first kappa shape index (κ1) is 14.2. The standard InChI is InChI=1S/C16H9Br2NO2/c17-11-5-1-9(2-6-11)13-14(16(21)19-15(13)20)10-3-7-12(18)8-4-10/h1-8H,(H,19,20,21). The molecule has 21 heavy (non-hydrogen) atoms. The van der Waals surface area contributed by atoms with E-state index < -0.39 is 0 Å². The van der Waals surface area contributed by atoms with Crippen LogP contribution in [-0.2, 0) is 9.59 Å². The molecule has 1 aliphatic heterocycles. The molecule has 0 bridgehead atoms. The maximum Gasteiger partial charge on any atom is 0.259 e. The van der Waals surface area contributed by atoms with Gasteiger partial charge in [0, 0.05) is 8.95 Å². The lowest BCUT2D eigenvalue weighted by molar-refractivity contribution is -0.122. The number of carbonyl (C=O) groups excluding carboxylic acids is 2. The molecule has 5 heteroatoms. The summed E-state index contributed by atoms with van der Waals surface area (Å²) >= 11 is 6.72. The second-order valence-corrected chi connectivity index (χ2v) is 6.38. The van der Waals surface area contributed by atoms with Crippen LogP contribution in [0, 0.1) is 0 Å². The van der Waals surface area contributed by atoms with Gasteiger partial charge in [0.1, 0.15) is 0 Å². The van der Waals surface area contributed by atoms with Gasteiger partial charge in [0.05, 0.1) is 11.1 Å². The van der Waals surface area contributed by atoms with Crippen molar-refractivity contribution >= 4 is 54.8 Å². The maximum atomic E-state index is 12.1. The molecule has 0 aliphatic carbocycles. The number of amides is 2. The summed E-state index contributed by atoms with van der Waals surface area (Å²) in [6, 6.07) is 14.6. The van der Waals surface area contributed by atoms with Crippen LogP contribution in [0.5, 0.6) is 0 Å². The Bertz CT molecular complexity index is 696. The second-order valence-electron chi connectivity index (χ2n) is 4.55. The summed E-state index contributed by atoms with van der Waals surface area (Å²) in [6.45, 7) is 0. The Kier molecular flexibility index (Phi) is 3.78. The summed E-state index contributed by atoms with van der Waals surface area (Å²) in [5.41, 5.74) is 2.27. The lowest BCUT2D eigenvalue weighted by Gasteiger charge is -2.05. The molecule has 3 rings (SSSR count). The Balaban J connectivity index is 2.19. The van der Waals surface area contributed by atoms with Crippen LogP contribution in [0.15, 0.2) is 57.5 Å². The third-order valence-electron chi connectivity index (χ3n) is 3.20. The molecule has 104 valence electrons. The fraction of sp³-hybridized carbons (Fsp3) is 0. The summed E-state index contributed by atoms with van der Waals surface area (Å²) in [4.78, 5) is 24.2. The van der Waals surface area contributed by atoms with Crippen LogP contribution in [0.2, 0.25) is 0 Å². The van der Waals surface area contributed by atoms with Crippen molar-refractivity contribution in [1.82, 2.24) is 5.32 Å². The van der Waals surface area contributed by atoms with Crippen LogP contribution < -0.4 is 5.32 Å². The summed E-state index contributed by atoms with van der Waals surface area (Å²) in [5, 5.41) is 2.37.